The summed E-state index contributed by atoms with van der Waals surface area (Å²) in [5, 5.41) is 8.50. The van der Waals surface area contributed by atoms with Gasteiger partial charge < -0.3 is 4.90 Å². The largest absolute Gasteiger partial charge is 0.416 e. The third-order valence-electron chi connectivity index (χ3n) is 5.14. The summed E-state index contributed by atoms with van der Waals surface area (Å²) in [5.74, 6) is -1.39. The number of hydroxylamine groups is 1. The van der Waals surface area contributed by atoms with Gasteiger partial charge in [0, 0.05) is 31.2 Å². The first-order valence-corrected chi connectivity index (χ1v) is 10.00. The van der Waals surface area contributed by atoms with Crippen LogP contribution in [0.25, 0.3) is 12.2 Å². The van der Waals surface area contributed by atoms with Crippen molar-refractivity contribution in [3.63, 3.8) is 0 Å². The maximum atomic E-state index is 13.4. The number of likely N-dealkylation sites (tertiary alicyclic amines) is 1. The van der Waals surface area contributed by atoms with Crippen molar-refractivity contribution in [2.75, 3.05) is 13.1 Å². The Bertz CT molecular complexity index is 1040. The van der Waals surface area contributed by atoms with Gasteiger partial charge in [-0.2, -0.15) is 13.2 Å². The van der Waals surface area contributed by atoms with E-state index in [9.17, 15) is 22.8 Å². The molecule has 1 aliphatic heterocycles. The van der Waals surface area contributed by atoms with Gasteiger partial charge in [0.15, 0.2) is 0 Å². The van der Waals surface area contributed by atoms with E-state index in [1.54, 1.807) is 29.2 Å². The molecule has 1 aromatic carbocycles. The molecule has 0 aliphatic carbocycles. The lowest BCUT2D eigenvalue weighted by atomic mass is 9.87. The molecule has 1 saturated heterocycles. The Morgan fingerprint density at radius 2 is 1.73 bits per heavy atom. The van der Waals surface area contributed by atoms with Crippen LogP contribution >= 0.6 is 12.4 Å². The summed E-state index contributed by atoms with van der Waals surface area (Å²) in [6, 6.07) is 10.5. The van der Waals surface area contributed by atoms with Gasteiger partial charge in [-0.05, 0) is 48.8 Å². The standard InChI is InChI=1S/C23H22F3N3O3.ClH/c24-23(25,26)20-9-2-1-8-19(20)16-5-4-14-29(15-16)22(31)13-11-18-7-3-6-17(27-18)10-12-21(30)28-32;/h1-3,6-13,16,32H,4-5,14-15H2,(H,28,30);1H. The highest BCUT2D eigenvalue weighted by atomic mass is 35.5. The van der Waals surface area contributed by atoms with Crippen LogP contribution in [-0.4, -0.2) is 40.0 Å². The van der Waals surface area contributed by atoms with Crippen LogP contribution < -0.4 is 5.48 Å². The summed E-state index contributed by atoms with van der Waals surface area (Å²) in [5.41, 5.74) is 1.96. The van der Waals surface area contributed by atoms with Gasteiger partial charge in [-0.1, -0.05) is 24.3 Å². The normalized spacial score (nSPS) is 16.6. The molecule has 1 unspecified atom stereocenters. The number of nitrogens with one attached hydrogen (secondary N) is 1. The van der Waals surface area contributed by atoms with Crippen molar-refractivity contribution in [2.45, 2.75) is 24.9 Å². The molecule has 176 valence electrons. The summed E-state index contributed by atoms with van der Waals surface area (Å²) < 4.78 is 40.1. The number of pyridine rings is 1. The molecular formula is C23H23ClF3N3O3. The molecule has 2 amide bonds. The number of carbonyl (C=O) groups is 2. The average Bonchev–Trinajstić information content (AvgIpc) is 2.80. The highest BCUT2D eigenvalue weighted by Crippen LogP contribution is 2.38. The van der Waals surface area contributed by atoms with Crippen LogP contribution in [0.2, 0.25) is 0 Å². The van der Waals surface area contributed by atoms with Gasteiger partial charge in [0.25, 0.3) is 5.91 Å². The number of halogens is 4. The Labute approximate surface area is 195 Å². The predicted octanol–water partition coefficient (Wildman–Crippen LogP) is 4.46. The SMILES string of the molecule is Cl.O=C(C=Cc1cccc(C=CC(=O)N2CCCC(c3ccccc3C(F)(F)F)C2)n1)NO. The van der Waals surface area contributed by atoms with Crippen molar-refractivity contribution < 1.29 is 28.0 Å². The number of carbonyl (C=O) groups excluding carboxylic acids is 2. The lowest BCUT2D eigenvalue weighted by molar-refractivity contribution is -0.138. The van der Waals surface area contributed by atoms with E-state index in [2.05, 4.69) is 4.98 Å². The van der Waals surface area contributed by atoms with Gasteiger partial charge in [0.2, 0.25) is 5.91 Å². The Balaban J connectivity index is 0.00000385. The van der Waals surface area contributed by atoms with E-state index >= 15 is 0 Å². The maximum absolute atomic E-state index is 13.4. The molecule has 0 radical (unpaired) electrons. The topological polar surface area (TPSA) is 82.5 Å². The van der Waals surface area contributed by atoms with Crippen molar-refractivity contribution >= 4 is 36.4 Å². The molecule has 2 N–H and O–H groups in total. The zero-order valence-corrected chi connectivity index (χ0v) is 18.3. The van der Waals surface area contributed by atoms with Gasteiger partial charge in [0.1, 0.15) is 0 Å². The Hall–Kier alpha value is -3.17. The number of alkyl halides is 3. The lowest BCUT2D eigenvalue weighted by Gasteiger charge is -2.33. The fraction of sp³-hybridized carbons (Fsp3) is 0.261. The molecule has 6 nitrogen and oxygen atoms in total. The highest BCUT2D eigenvalue weighted by Gasteiger charge is 2.36. The molecule has 1 aliphatic rings. The van der Waals surface area contributed by atoms with E-state index < -0.39 is 17.6 Å². The van der Waals surface area contributed by atoms with E-state index in [0.29, 0.717) is 30.8 Å². The van der Waals surface area contributed by atoms with Crippen LogP contribution in [0.5, 0.6) is 0 Å². The zero-order valence-electron chi connectivity index (χ0n) is 17.5. The van der Waals surface area contributed by atoms with Crippen LogP contribution in [0.1, 0.15) is 41.3 Å². The quantitative estimate of drug-likeness (QED) is 0.375. The highest BCUT2D eigenvalue weighted by molar-refractivity contribution is 5.92. The van der Waals surface area contributed by atoms with Gasteiger partial charge in [-0.25, -0.2) is 10.5 Å². The fourth-order valence-corrected chi connectivity index (χ4v) is 3.66. The van der Waals surface area contributed by atoms with E-state index in [1.807, 2.05) is 0 Å². The second kappa shape index (κ2) is 11.6. The number of aromatic nitrogens is 1. The van der Waals surface area contributed by atoms with Gasteiger partial charge >= 0.3 is 6.18 Å². The molecular weight excluding hydrogens is 459 g/mol. The minimum absolute atomic E-state index is 0. The first-order chi connectivity index (χ1) is 15.3. The summed E-state index contributed by atoms with van der Waals surface area (Å²) in [4.78, 5) is 29.5. The van der Waals surface area contributed by atoms with E-state index in [4.69, 9.17) is 5.21 Å². The monoisotopic (exact) mass is 481 g/mol. The van der Waals surface area contributed by atoms with E-state index in [-0.39, 0.29) is 36.3 Å². The molecule has 2 heterocycles. The molecule has 3 rings (SSSR count). The number of hydrogen-bond donors (Lipinski definition) is 2. The minimum atomic E-state index is -4.44. The molecule has 2 aromatic rings. The minimum Gasteiger partial charge on any atom is -0.339 e. The van der Waals surface area contributed by atoms with Crippen molar-refractivity contribution in [2.24, 2.45) is 0 Å². The van der Waals surface area contributed by atoms with Crippen LogP contribution in [0.3, 0.4) is 0 Å². The first kappa shape index (κ1) is 26.1. The molecule has 0 bridgehead atoms. The van der Waals surface area contributed by atoms with Crippen molar-refractivity contribution in [1.29, 1.82) is 0 Å². The predicted molar refractivity (Wildman–Crippen MR) is 119 cm³/mol. The second-order valence-electron chi connectivity index (χ2n) is 7.34. The molecule has 1 atom stereocenters. The van der Waals surface area contributed by atoms with Gasteiger partial charge in [-0.15, -0.1) is 12.4 Å². The van der Waals surface area contributed by atoms with Gasteiger partial charge in [0.05, 0.1) is 17.0 Å². The molecule has 1 fully saturated rings. The number of hydrogen-bond acceptors (Lipinski definition) is 4. The molecule has 0 saturated carbocycles. The fourth-order valence-electron chi connectivity index (χ4n) is 3.66. The Kier molecular flexibility index (Phi) is 9.19. The number of piperidine rings is 1. The molecule has 10 heteroatoms. The van der Waals surface area contributed by atoms with Crippen LogP contribution in [-0.2, 0) is 15.8 Å². The van der Waals surface area contributed by atoms with Crippen molar-refractivity contribution in [3.05, 3.63) is 77.1 Å². The summed E-state index contributed by atoms with van der Waals surface area (Å²) in [6.07, 6.45) is 2.12. The summed E-state index contributed by atoms with van der Waals surface area (Å²) >= 11 is 0. The second-order valence-corrected chi connectivity index (χ2v) is 7.34. The van der Waals surface area contributed by atoms with Crippen LogP contribution in [0.4, 0.5) is 13.2 Å². The van der Waals surface area contributed by atoms with Crippen LogP contribution in [0, 0.1) is 0 Å². The smallest absolute Gasteiger partial charge is 0.339 e. The van der Waals surface area contributed by atoms with Crippen molar-refractivity contribution in [1.82, 2.24) is 15.4 Å². The first-order valence-electron chi connectivity index (χ1n) is 10.00. The Morgan fingerprint density at radius 1 is 1.06 bits per heavy atom. The third-order valence-corrected chi connectivity index (χ3v) is 5.14. The third kappa shape index (κ3) is 7.16. The number of rotatable bonds is 5. The van der Waals surface area contributed by atoms with Crippen molar-refractivity contribution in [3.8, 4) is 0 Å². The van der Waals surface area contributed by atoms with E-state index in [1.165, 1.54) is 35.8 Å². The Morgan fingerprint density at radius 3 is 2.39 bits per heavy atom. The zero-order chi connectivity index (χ0) is 23.1. The molecule has 0 spiro atoms. The molecule has 33 heavy (non-hydrogen) atoms. The maximum Gasteiger partial charge on any atom is 0.416 e. The number of amides is 2. The summed E-state index contributed by atoms with van der Waals surface area (Å²) in [7, 11) is 0. The lowest BCUT2D eigenvalue weighted by Crippen LogP contribution is -2.38. The molecule has 1 aromatic heterocycles. The van der Waals surface area contributed by atoms with Gasteiger partial charge in [-0.3, -0.25) is 14.8 Å². The van der Waals surface area contributed by atoms with Crippen LogP contribution in [0.15, 0.2) is 54.6 Å². The summed E-state index contributed by atoms with van der Waals surface area (Å²) in [6.45, 7) is 0.684. The van der Waals surface area contributed by atoms with E-state index in [0.717, 1.165) is 12.1 Å². The number of benzene rings is 1. The average molecular weight is 482 g/mol. The number of nitrogens with zero attached hydrogens (tertiary/aromatic N) is 2.